The van der Waals surface area contributed by atoms with Crippen molar-refractivity contribution < 1.29 is 9.53 Å². The van der Waals surface area contributed by atoms with E-state index in [4.69, 9.17) is 4.74 Å². The average Bonchev–Trinajstić information content (AvgIpc) is 3.28. The summed E-state index contributed by atoms with van der Waals surface area (Å²) in [5, 5.41) is 10.7. The highest BCUT2D eigenvalue weighted by atomic mass is 16.5. The fourth-order valence-electron chi connectivity index (χ4n) is 4.12. The first-order valence-electron chi connectivity index (χ1n) is 11.6. The predicted molar refractivity (Wildman–Crippen MR) is 130 cm³/mol. The van der Waals surface area contributed by atoms with Crippen LogP contribution >= 0.6 is 0 Å². The molecule has 0 fully saturated rings. The Bertz CT molecular complexity index is 1150. The zero-order valence-electron chi connectivity index (χ0n) is 19.5. The number of para-hydroxylation sites is 2. The fourth-order valence-corrected chi connectivity index (χ4v) is 4.12. The molecular formula is C26H31N5O2. The topological polar surface area (TPSA) is 81.1 Å². The van der Waals surface area contributed by atoms with Crippen molar-refractivity contribution in [3.63, 3.8) is 0 Å². The van der Waals surface area contributed by atoms with Crippen LogP contribution in [0.1, 0.15) is 56.7 Å². The Morgan fingerprint density at radius 1 is 1.09 bits per heavy atom. The number of nitrogens with zero attached hydrogens (tertiary/aromatic N) is 3. The van der Waals surface area contributed by atoms with Crippen LogP contribution in [0.4, 0.5) is 11.6 Å². The molecule has 1 aliphatic rings. The lowest BCUT2D eigenvalue weighted by molar-refractivity contribution is -0.113. The van der Waals surface area contributed by atoms with Crippen LogP contribution in [-0.2, 0) is 4.79 Å². The molecule has 7 nitrogen and oxygen atoms in total. The number of benzene rings is 2. The summed E-state index contributed by atoms with van der Waals surface area (Å²) in [5.74, 6) is 1.18. The Balaban J connectivity index is 1.68. The van der Waals surface area contributed by atoms with Crippen molar-refractivity contribution >= 4 is 17.5 Å². The van der Waals surface area contributed by atoms with Crippen molar-refractivity contribution in [1.29, 1.82) is 0 Å². The normalized spacial score (nSPS) is 15.1. The van der Waals surface area contributed by atoms with Gasteiger partial charge in [0, 0.05) is 16.9 Å². The first-order valence-corrected chi connectivity index (χ1v) is 11.6. The molecule has 1 aliphatic heterocycles. The van der Waals surface area contributed by atoms with E-state index in [2.05, 4.69) is 27.6 Å². The fraction of sp³-hybridized carbons (Fsp3) is 0.346. The van der Waals surface area contributed by atoms with Crippen LogP contribution in [0.5, 0.6) is 5.75 Å². The Hall–Kier alpha value is -3.61. The van der Waals surface area contributed by atoms with Crippen molar-refractivity contribution in [2.75, 3.05) is 17.2 Å². The molecule has 0 bridgehead atoms. The van der Waals surface area contributed by atoms with Gasteiger partial charge in [0.15, 0.2) is 0 Å². The number of fused-ring (bicyclic) bond motifs is 1. The second kappa shape index (κ2) is 10.3. The van der Waals surface area contributed by atoms with Gasteiger partial charge in [-0.2, -0.15) is 10.1 Å². The molecule has 1 aromatic heterocycles. The van der Waals surface area contributed by atoms with Crippen LogP contribution in [0.3, 0.4) is 0 Å². The minimum absolute atomic E-state index is 0.182. The molecule has 7 heteroatoms. The summed E-state index contributed by atoms with van der Waals surface area (Å²) in [5.41, 5.74) is 3.99. The highest BCUT2D eigenvalue weighted by Crippen LogP contribution is 2.39. The van der Waals surface area contributed by atoms with Crippen molar-refractivity contribution in [3.05, 3.63) is 77.3 Å². The van der Waals surface area contributed by atoms with Gasteiger partial charge in [0.1, 0.15) is 18.1 Å². The number of carbonyl (C=O) groups excluding carboxylic acids is 1. The number of rotatable bonds is 9. The predicted octanol–water partition coefficient (Wildman–Crippen LogP) is 5.47. The van der Waals surface area contributed by atoms with Crippen LogP contribution in [0.2, 0.25) is 0 Å². The first-order chi connectivity index (χ1) is 16.1. The maximum absolute atomic E-state index is 13.6. The van der Waals surface area contributed by atoms with Crippen LogP contribution in [0.15, 0.2) is 66.1 Å². The molecule has 172 valence electrons. The standard InChI is InChI=1S/C26H31N5O2/c1-4-5-6-11-16-33-22-15-10-8-13-20(22)24-23(19(3)29-26-27-17-28-31(24)26)25(32)30-21-14-9-7-12-18(21)2/h7-10,12-15,17,24H,4-6,11,16H2,1-3H3,(H,30,32)(H,27,28,29)/t24-/m0/s1. The summed E-state index contributed by atoms with van der Waals surface area (Å²) in [7, 11) is 0. The van der Waals surface area contributed by atoms with Crippen LogP contribution in [0.25, 0.3) is 0 Å². The lowest BCUT2D eigenvalue weighted by atomic mass is 9.94. The van der Waals surface area contributed by atoms with Gasteiger partial charge in [0.25, 0.3) is 5.91 Å². The average molecular weight is 446 g/mol. The lowest BCUT2D eigenvalue weighted by Crippen LogP contribution is -2.32. The van der Waals surface area contributed by atoms with Crippen LogP contribution < -0.4 is 15.4 Å². The minimum Gasteiger partial charge on any atom is -0.493 e. The third-order valence-electron chi connectivity index (χ3n) is 5.90. The van der Waals surface area contributed by atoms with E-state index in [1.165, 1.54) is 19.2 Å². The Labute approximate surface area is 194 Å². The Morgan fingerprint density at radius 3 is 2.70 bits per heavy atom. The Morgan fingerprint density at radius 2 is 1.88 bits per heavy atom. The number of allylic oxidation sites excluding steroid dienone is 1. The number of hydrogen-bond acceptors (Lipinski definition) is 5. The molecule has 0 spiro atoms. The molecule has 1 atom stereocenters. The van der Waals surface area contributed by atoms with E-state index >= 15 is 0 Å². The number of aryl methyl sites for hydroxylation is 1. The van der Waals surface area contributed by atoms with E-state index in [0.717, 1.165) is 41.1 Å². The van der Waals surface area contributed by atoms with Gasteiger partial charge in [0.05, 0.1) is 12.2 Å². The van der Waals surface area contributed by atoms with Gasteiger partial charge >= 0.3 is 0 Å². The maximum Gasteiger partial charge on any atom is 0.255 e. The molecule has 0 saturated heterocycles. The van der Waals surface area contributed by atoms with Crippen molar-refractivity contribution in [1.82, 2.24) is 14.8 Å². The molecule has 0 unspecified atom stereocenters. The largest absolute Gasteiger partial charge is 0.493 e. The SMILES string of the molecule is CCCCCCOc1ccccc1[C@H]1C(C(=O)Nc2ccccc2C)=C(C)Nc2ncnn21. The number of hydrogen-bond donors (Lipinski definition) is 2. The molecule has 1 amide bonds. The molecule has 2 N–H and O–H groups in total. The molecule has 2 heterocycles. The summed E-state index contributed by atoms with van der Waals surface area (Å²) in [6, 6.07) is 15.2. The van der Waals surface area contributed by atoms with Crippen molar-refractivity contribution in [3.8, 4) is 5.75 Å². The number of amides is 1. The summed E-state index contributed by atoms with van der Waals surface area (Å²) >= 11 is 0. The van der Waals surface area contributed by atoms with Gasteiger partial charge < -0.3 is 15.4 Å². The van der Waals surface area contributed by atoms with Crippen LogP contribution in [-0.4, -0.2) is 27.3 Å². The second-order valence-corrected chi connectivity index (χ2v) is 8.31. The number of unbranched alkanes of at least 4 members (excludes halogenated alkanes) is 3. The maximum atomic E-state index is 13.6. The first kappa shape index (κ1) is 22.6. The second-order valence-electron chi connectivity index (χ2n) is 8.31. The molecule has 4 rings (SSSR count). The van der Waals surface area contributed by atoms with E-state index in [1.807, 2.05) is 62.4 Å². The van der Waals surface area contributed by atoms with Gasteiger partial charge in [-0.3, -0.25) is 4.79 Å². The zero-order valence-corrected chi connectivity index (χ0v) is 19.5. The molecule has 2 aromatic carbocycles. The summed E-state index contributed by atoms with van der Waals surface area (Å²) < 4.78 is 7.94. The van der Waals surface area contributed by atoms with Gasteiger partial charge in [0.2, 0.25) is 5.95 Å². The number of ether oxygens (including phenoxy) is 1. The van der Waals surface area contributed by atoms with Crippen molar-refractivity contribution in [2.24, 2.45) is 0 Å². The molecule has 33 heavy (non-hydrogen) atoms. The van der Waals surface area contributed by atoms with Gasteiger partial charge in [-0.1, -0.05) is 62.6 Å². The molecule has 0 radical (unpaired) electrons. The molecule has 0 saturated carbocycles. The number of aromatic nitrogens is 3. The van der Waals surface area contributed by atoms with E-state index < -0.39 is 6.04 Å². The Kier molecular flexibility index (Phi) is 7.07. The zero-order chi connectivity index (χ0) is 23.2. The summed E-state index contributed by atoms with van der Waals surface area (Å²) in [6.07, 6.45) is 6.02. The quantitative estimate of drug-likeness (QED) is 0.427. The highest BCUT2D eigenvalue weighted by Gasteiger charge is 2.35. The third kappa shape index (κ3) is 4.92. The number of nitrogens with one attached hydrogen (secondary N) is 2. The number of anilines is 2. The molecule has 3 aromatic rings. The lowest BCUT2D eigenvalue weighted by Gasteiger charge is -2.30. The summed E-state index contributed by atoms with van der Waals surface area (Å²) in [6.45, 7) is 6.71. The molecule has 0 aliphatic carbocycles. The highest BCUT2D eigenvalue weighted by molar-refractivity contribution is 6.06. The minimum atomic E-state index is -0.459. The third-order valence-corrected chi connectivity index (χ3v) is 5.90. The van der Waals surface area contributed by atoms with E-state index in [9.17, 15) is 4.79 Å². The van der Waals surface area contributed by atoms with E-state index in [-0.39, 0.29) is 5.91 Å². The van der Waals surface area contributed by atoms with Gasteiger partial charge in [-0.25, -0.2) is 4.68 Å². The summed E-state index contributed by atoms with van der Waals surface area (Å²) in [4.78, 5) is 17.9. The molecular weight excluding hydrogens is 414 g/mol. The van der Waals surface area contributed by atoms with E-state index in [0.29, 0.717) is 18.1 Å². The van der Waals surface area contributed by atoms with Crippen molar-refractivity contribution in [2.45, 2.75) is 52.5 Å². The smallest absolute Gasteiger partial charge is 0.255 e. The van der Waals surface area contributed by atoms with Gasteiger partial charge in [-0.15, -0.1) is 0 Å². The monoisotopic (exact) mass is 445 g/mol. The van der Waals surface area contributed by atoms with Crippen LogP contribution in [0, 0.1) is 6.92 Å². The van der Waals surface area contributed by atoms with E-state index in [1.54, 1.807) is 4.68 Å². The van der Waals surface area contributed by atoms with Gasteiger partial charge in [-0.05, 0) is 38.0 Å². The number of carbonyl (C=O) groups is 1.